The number of amides is 1. The summed E-state index contributed by atoms with van der Waals surface area (Å²) < 4.78 is 4.72. The molecule has 1 amide bonds. The molecule has 6 heteroatoms. The quantitative estimate of drug-likeness (QED) is 0.820. The summed E-state index contributed by atoms with van der Waals surface area (Å²) in [4.78, 5) is 27.8. The number of carbonyl (C=O) groups is 2. The summed E-state index contributed by atoms with van der Waals surface area (Å²) in [6.45, 7) is 3.52. The number of methoxy groups -OCH3 is 1. The van der Waals surface area contributed by atoms with Gasteiger partial charge in [0.25, 0.3) is 5.91 Å². The van der Waals surface area contributed by atoms with Crippen LogP contribution in [0.2, 0.25) is 0 Å². The average molecular weight is 275 g/mol. The first-order chi connectivity index (χ1) is 9.46. The molecule has 1 aromatic rings. The predicted molar refractivity (Wildman–Crippen MR) is 71.7 cm³/mol. The van der Waals surface area contributed by atoms with Crippen molar-refractivity contribution in [2.24, 2.45) is 0 Å². The summed E-state index contributed by atoms with van der Waals surface area (Å²) in [6, 6.07) is 4.86. The molecule has 1 unspecified atom stereocenters. The standard InChI is InChI=1S/C14H17N3O3/c1-4-7-14(2,13(19)20-3)17-12(18)11-6-5-10(8-15)9-16-11/h5-6,9H,4,7H2,1-3H3,(H,17,18). The van der Waals surface area contributed by atoms with Gasteiger partial charge in [-0.25, -0.2) is 9.78 Å². The lowest BCUT2D eigenvalue weighted by molar-refractivity contribution is -0.147. The third kappa shape index (κ3) is 3.54. The molecule has 1 aromatic heterocycles. The topological polar surface area (TPSA) is 92.1 Å². The summed E-state index contributed by atoms with van der Waals surface area (Å²) >= 11 is 0. The number of ether oxygens (including phenoxy) is 1. The lowest BCUT2D eigenvalue weighted by atomic mass is 9.96. The van der Waals surface area contributed by atoms with Crippen LogP contribution in [0.15, 0.2) is 18.3 Å². The molecule has 0 aliphatic heterocycles. The number of esters is 1. The Labute approximate surface area is 117 Å². The Morgan fingerprint density at radius 1 is 1.50 bits per heavy atom. The molecule has 0 aliphatic carbocycles. The molecule has 1 rings (SSSR count). The second kappa shape index (κ2) is 6.66. The molecule has 106 valence electrons. The summed E-state index contributed by atoms with van der Waals surface area (Å²) in [7, 11) is 1.28. The average Bonchev–Trinajstić information content (AvgIpc) is 2.46. The van der Waals surface area contributed by atoms with E-state index in [0.717, 1.165) is 0 Å². The van der Waals surface area contributed by atoms with Gasteiger partial charge in [-0.15, -0.1) is 0 Å². The molecule has 1 heterocycles. The van der Waals surface area contributed by atoms with Gasteiger partial charge in [0, 0.05) is 6.20 Å². The van der Waals surface area contributed by atoms with Gasteiger partial charge in [0.1, 0.15) is 17.3 Å². The number of nitriles is 1. The van der Waals surface area contributed by atoms with E-state index in [-0.39, 0.29) is 5.69 Å². The second-order valence-corrected chi connectivity index (χ2v) is 4.57. The molecule has 0 bridgehead atoms. The van der Waals surface area contributed by atoms with Crippen LogP contribution in [-0.4, -0.2) is 29.5 Å². The lowest BCUT2D eigenvalue weighted by Crippen LogP contribution is -2.52. The fourth-order valence-electron chi connectivity index (χ4n) is 1.85. The fraction of sp³-hybridized carbons (Fsp3) is 0.429. The van der Waals surface area contributed by atoms with Crippen LogP contribution < -0.4 is 5.32 Å². The van der Waals surface area contributed by atoms with Crippen LogP contribution in [0.1, 0.15) is 42.7 Å². The summed E-state index contributed by atoms with van der Waals surface area (Å²) in [5.41, 5.74) is -0.572. The van der Waals surface area contributed by atoms with E-state index in [1.807, 2.05) is 13.0 Å². The molecule has 0 aromatic carbocycles. The highest BCUT2D eigenvalue weighted by Crippen LogP contribution is 2.15. The summed E-state index contributed by atoms with van der Waals surface area (Å²) in [6.07, 6.45) is 2.48. The molecule has 1 N–H and O–H groups in total. The van der Waals surface area contributed by atoms with Gasteiger partial charge >= 0.3 is 5.97 Å². The van der Waals surface area contributed by atoms with E-state index in [4.69, 9.17) is 10.00 Å². The van der Waals surface area contributed by atoms with Gasteiger partial charge in [0.2, 0.25) is 0 Å². The molecular formula is C14H17N3O3. The van der Waals surface area contributed by atoms with Gasteiger partial charge in [-0.1, -0.05) is 13.3 Å². The van der Waals surface area contributed by atoms with Gasteiger partial charge in [0.05, 0.1) is 12.7 Å². The Balaban J connectivity index is 2.90. The zero-order chi connectivity index (χ0) is 15.2. The van der Waals surface area contributed by atoms with Crippen molar-refractivity contribution >= 4 is 11.9 Å². The number of aromatic nitrogens is 1. The molecule has 0 saturated heterocycles. The Bertz CT molecular complexity index is 534. The summed E-state index contributed by atoms with van der Waals surface area (Å²) in [5.74, 6) is -0.975. The van der Waals surface area contributed by atoms with Crippen molar-refractivity contribution in [3.8, 4) is 6.07 Å². The maximum absolute atomic E-state index is 12.1. The lowest BCUT2D eigenvalue weighted by Gasteiger charge is -2.27. The highest BCUT2D eigenvalue weighted by atomic mass is 16.5. The molecule has 0 aliphatic rings. The second-order valence-electron chi connectivity index (χ2n) is 4.57. The van der Waals surface area contributed by atoms with Crippen LogP contribution in [0.3, 0.4) is 0 Å². The zero-order valence-electron chi connectivity index (χ0n) is 11.8. The van der Waals surface area contributed by atoms with Crippen molar-refractivity contribution in [2.75, 3.05) is 7.11 Å². The Morgan fingerprint density at radius 2 is 2.20 bits per heavy atom. The molecular weight excluding hydrogens is 258 g/mol. The van der Waals surface area contributed by atoms with Crippen molar-refractivity contribution in [3.05, 3.63) is 29.6 Å². The van der Waals surface area contributed by atoms with E-state index < -0.39 is 17.4 Å². The SMILES string of the molecule is CCCC(C)(NC(=O)c1ccc(C#N)cn1)C(=O)OC. The Morgan fingerprint density at radius 3 is 2.65 bits per heavy atom. The normalized spacial score (nSPS) is 12.9. The maximum atomic E-state index is 12.1. The summed E-state index contributed by atoms with van der Waals surface area (Å²) in [5, 5.41) is 11.3. The Hall–Kier alpha value is -2.42. The highest BCUT2D eigenvalue weighted by molar-refractivity contribution is 5.96. The number of nitrogens with zero attached hydrogens (tertiary/aromatic N) is 2. The van der Waals surface area contributed by atoms with Gasteiger partial charge in [0.15, 0.2) is 0 Å². The van der Waals surface area contributed by atoms with Crippen molar-refractivity contribution in [3.63, 3.8) is 0 Å². The molecule has 20 heavy (non-hydrogen) atoms. The van der Waals surface area contributed by atoms with E-state index in [2.05, 4.69) is 10.3 Å². The maximum Gasteiger partial charge on any atom is 0.331 e. The largest absolute Gasteiger partial charge is 0.467 e. The predicted octanol–water partition coefficient (Wildman–Crippen LogP) is 1.41. The minimum Gasteiger partial charge on any atom is -0.467 e. The molecule has 0 fully saturated rings. The number of rotatable bonds is 5. The molecule has 0 spiro atoms. The monoisotopic (exact) mass is 275 g/mol. The number of hydrogen-bond donors (Lipinski definition) is 1. The van der Waals surface area contributed by atoms with E-state index in [1.54, 1.807) is 6.92 Å². The van der Waals surface area contributed by atoms with Crippen LogP contribution in [0.25, 0.3) is 0 Å². The van der Waals surface area contributed by atoms with E-state index >= 15 is 0 Å². The first-order valence-electron chi connectivity index (χ1n) is 6.24. The van der Waals surface area contributed by atoms with Crippen LogP contribution in [0.5, 0.6) is 0 Å². The van der Waals surface area contributed by atoms with Gasteiger partial charge < -0.3 is 10.1 Å². The molecule has 0 radical (unpaired) electrons. The molecule has 6 nitrogen and oxygen atoms in total. The van der Waals surface area contributed by atoms with E-state index in [9.17, 15) is 9.59 Å². The van der Waals surface area contributed by atoms with Crippen LogP contribution >= 0.6 is 0 Å². The van der Waals surface area contributed by atoms with E-state index in [0.29, 0.717) is 18.4 Å². The van der Waals surface area contributed by atoms with Crippen molar-refractivity contribution in [1.82, 2.24) is 10.3 Å². The first kappa shape index (κ1) is 15.6. The zero-order valence-corrected chi connectivity index (χ0v) is 11.8. The third-order valence-corrected chi connectivity index (χ3v) is 2.90. The van der Waals surface area contributed by atoms with E-state index in [1.165, 1.54) is 25.4 Å². The minimum absolute atomic E-state index is 0.148. The van der Waals surface area contributed by atoms with Crippen molar-refractivity contribution in [2.45, 2.75) is 32.2 Å². The smallest absolute Gasteiger partial charge is 0.331 e. The van der Waals surface area contributed by atoms with Gasteiger partial charge in [-0.2, -0.15) is 5.26 Å². The highest BCUT2D eigenvalue weighted by Gasteiger charge is 2.35. The minimum atomic E-state index is -1.09. The number of carbonyl (C=O) groups excluding carboxylic acids is 2. The van der Waals surface area contributed by atoms with Crippen molar-refractivity contribution < 1.29 is 14.3 Å². The fourth-order valence-corrected chi connectivity index (χ4v) is 1.85. The first-order valence-corrected chi connectivity index (χ1v) is 6.24. The van der Waals surface area contributed by atoms with Gasteiger partial charge in [-0.3, -0.25) is 4.79 Å². The molecule has 1 atom stereocenters. The third-order valence-electron chi connectivity index (χ3n) is 2.90. The number of hydrogen-bond acceptors (Lipinski definition) is 5. The van der Waals surface area contributed by atoms with Crippen LogP contribution in [0, 0.1) is 11.3 Å². The van der Waals surface area contributed by atoms with Gasteiger partial charge in [-0.05, 0) is 25.5 Å². The Kier molecular flexibility index (Phi) is 5.21. The van der Waals surface area contributed by atoms with Crippen LogP contribution in [0.4, 0.5) is 0 Å². The number of pyridine rings is 1. The molecule has 0 saturated carbocycles. The van der Waals surface area contributed by atoms with Crippen molar-refractivity contribution in [1.29, 1.82) is 5.26 Å². The number of nitrogens with one attached hydrogen (secondary N) is 1. The van der Waals surface area contributed by atoms with Crippen LogP contribution in [-0.2, 0) is 9.53 Å².